The summed E-state index contributed by atoms with van der Waals surface area (Å²) in [6.07, 6.45) is 95.1. The normalized spacial score (nSPS) is 13.5. The summed E-state index contributed by atoms with van der Waals surface area (Å²) in [5.41, 5.74) is 5.40. The van der Waals surface area contributed by atoms with Gasteiger partial charge in [0.2, 0.25) is 0 Å². The van der Waals surface area contributed by atoms with E-state index < -0.39 is 26.5 Å². The second kappa shape index (κ2) is 70.0. The van der Waals surface area contributed by atoms with Crippen molar-refractivity contribution < 1.29 is 37.6 Å². The SMILES string of the molecule is CC/C=C\C/C=C\C/C=C\C/C=C\C/C=C\CCCCCCCCCCCCCC(=O)OC(COC(=O)CCCCCCCCCCCCCCCCCCCCCCCC/C=C\C/C=C\C/C=C\CCCCCCC)COP(=O)(O)OCCN. The van der Waals surface area contributed by atoms with Crippen molar-refractivity contribution in [1.29, 1.82) is 0 Å². The first-order valence-corrected chi connectivity index (χ1v) is 37.2. The van der Waals surface area contributed by atoms with Crippen molar-refractivity contribution in [3.05, 3.63) is 97.2 Å². The van der Waals surface area contributed by atoms with E-state index in [1.54, 1.807) is 0 Å². The molecule has 0 aliphatic carbocycles. The lowest BCUT2D eigenvalue weighted by molar-refractivity contribution is -0.161. The third-order valence-corrected chi connectivity index (χ3v) is 16.4. The van der Waals surface area contributed by atoms with Crippen LogP contribution in [0.25, 0.3) is 0 Å². The first kappa shape index (κ1) is 81.9. The molecule has 2 atom stereocenters. The maximum absolute atomic E-state index is 12.8. The summed E-state index contributed by atoms with van der Waals surface area (Å²) >= 11 is 0. The number of phosphoric acid groups is 1. The molecular weight excluding hydrogens is 1070 g/mol. The van der Waals surface area contributed by atoms with Crippen molar-refractivity contribution in [2.24, 2.45) is 5.73 Å². The second-order valence-corrected chi connectivity index (χ2v) is 25.2. The molecule has 0 saturated carbocycles. The van der Waals surface area contributed by atoms with E-state index in [0.717, 1.165) is 89.9 Å². The van der Waals surface area contributed by atoms with Gasteiger partial charge in [-0.05, 0) is 96.3 Å². The number of hydrogen-bond donors (Lipinski definition) is 2. The molecule has 10 heteroatoms. The quantitative estimate of drug-likeness (QED) is 0.0264. The van der Waals surface area contributed by atoms with Gasteiger partial charge in [-0.1, -0.05) is 323 Å². The largest absolute Gasteiger partial charge is 0.472 e. The molecule has 0 saturated heterocycles. The summed E-state index contributed by atoms with van der Waals surface area (Å²) < 4.78 is 33.2. The molecule has 9 nitrogen and oxygen atoms in total. The van der Waals surface area contributed by atoms with Crippen molar-refractivity contribution in [1.82, 2.24) is 0 Å². The number of phosphoric ester groups is 1. The molecule has 492 valence electrons. The Morgan fingerprint density at radius 3 is 0.965 bits per heavy atom. The van der Waals surface area contributed by atoms with Gasteiger partial charge in [-0.3, -0.25) is 18.6 Å². The molecule has 0 spiro atoms. The van der Waals surface area contributed by atoms with Gasteiger partial charge in [0.05, 0.1) is 13.2 Å². The van der Waals surface area contributed by atoms with Crippen LogP contribution >= 0.6 is 7.82 Å². The summed E-state index contributed by atoms with van der Waals surface area (Å²) in [5.74, 6) is -0.821. The molecule has 0 aromatic carbocycles. The van der Waals surface area contributed by atoms with E-state index in [4.69, 9.17) is 24.3 Å². The molecular formula is C75H134NO8P. The van der Waals surface area contributed by atoms with E-state index in [9.17, 15) is 19.0 Å². The predicted molar refractivity (Wildman–Crippen MR) is 367 cm³/mol. The lowest BCUT2D eigenvalue weighted by Gasteiger charge is -2.19. The molecule has 0 aromatic heterocycles. The highest BCUT2D eigenvalue weighted by molar-refractivity contribution is 7.47. The van der Waals surface area contributed by atoms with Crippen molar-refractivity contribution in [2.75, 3.05) is 26.4 Å². The Hall–Kier alpha value is -3.07. The molecule has 0 heterocycles. The lowest BCUT2D eigenvalue weighted by atomic mass is 10.0. The van der Waals surface area contributed by atoms with Crippen LogP contribution in [0.1, 0.15) is 335 Å². The Morgan fingerprint density at radius 2 is 0.647 bits per heavy atom. The highest BCUT2D eigenvalue weighted by atomic mass is 31.2. The fraction of sp³-hybridized carbons (Fsp3) is 0.760. The molecule has 0 amide bonds. The Kier molecular flexibility index (Phi) is 67.5. The van der Waals surface area contributed by atoms with Gasteiger partial charge in [0.15, 0.2) is 6.10 Å². The van der Waals surface area contributed by atoms with Crippen LogP contribution in [-0.2, 0) is 32.7 Å². The number of esters is 2. The van der Waals surface area contributed by atoms with Gasteiger partial charge < -0.3 is 20.1 Å². The van der Waals surface area contributed by atoms with Crippen LogP contribution in [0.3, 0.4) is 0 Å². The number of hydrogen-bond acceptors (Lipinski definition) is 8. The fourth-order valence-corrected chi connectivity index (χ4v) is 11.0. The molecule has 2 unspecified atom stereocenters. The van der Waals surface area contributed by atoms with E-state index in [1.165, 1.54) is 212 Å². The molecule has 0 rings (SSSR count). The number of carbonyl (C=O) groups excluding carboxylic acids is 2. The molecule has 0 aromatic rings. The maximum Gasteiger partial charge on any atom is 0.472 e. The highest BCUT2D eigenvalue weighted by Crippen LogP contribution is 2.43. The minimum Gasteiger partial charge on any atom is -0.462 e. The second-order valence-electron chi connectivity index (χ2n) is 23.7. The van der Waals surface area contributed by atoms with Gasteiger partial charge in [0.1, 0.15) is 6.61 Å². The zero-order chi connectivity index (χ0) is 61.6. The number of ether oxygens (including phenoxy) is 2. The van der Waals surface area contributed by atoms with Crippen LogP contribution in [0.5, 0.6) is 0 Å². The van der Waals surface area contributed by atoms with Crippen molar-refractivity contribution in [2.45, 2.75) is 341 Å². The van der Waals surface area contributed by atoms with Gasteiger partial charge >= 0.3 is 19.8 Å². The van der Waals surface area contributed by atoms with E-state index >= 15 is 0 Å². The van der Waals surface area contributed by atoms with E-state index in [-0.39, 0.29) is 38.6 Å². The number of nitrogens with two attached hydrogens (primary N) is 1. The Bertz CT molecular complexity index is 1720. The van der Waals surface area contributed by atoms with E-state index in [1.807, 2.05) is 0 Å². The van der Waals surface area contributed by atoms with Crippen molar-refractivity contribution in [3.8, 4) is 0 Å². The highest BCUT2D eigenvalue weighted by Gasteiger charge is 2.26. The molecule has 0 aliphatic rings. The fourth-order valence-electron chi connectivity index (χ4n) is 10.2. The van der Waals surface area contributed by atoms with Gasteiger partial charge in [0, 0.05) is 19.4 Å². The molecule has 0 aliphatic heterocycles. The van der Waals surface area contributed by atoms with Gasteiger partial charge in [-0.25, -0.2) is 4.57 Å². The number of allylic oxidation sites excluding steroid dienone is 16. The van der Waals surface area contributed by atoms with Crippen LogP contribution in [0.15, 0.2) is 97.2 Å². The predicted octanol–water partition coefficient (Wildman–Crippen LogP) is 23.5. The summed E-state index contributed by atoms with van der Waals surface area (Å²) in [6, 6.07) is 0. The zero-order valence-corrected chi connectivity index (χ0v) is 56.2. The van der Waals surface area contributed by atoms with E-state index in [0.29, 0.717) is 6.42 Å². The van der Waals surface area contributed by atoms with Crippen molar-refractivity contribution >= 4 is 19.8 Å². The van der Waals surface area contributed by atoms with Crippen LogP contribution in [0.2, 0.25) is 0 Å². The Balaban J connectivity index is 3.84. The molecule has 0 radical (unpaired) electrons. The van der Waals surface area contributed by atoms with Crippen molar-refractivity contribution in [3.63, 3.8) is 0 Å². The Labute approximate surface area is 525 Å². The number of unbranched alkanes of at least 4 members (excludes halogenated alkanes) is 38. The van der Waals surface area contributed by atoms with Crippen LogP contribution in [0, 0.1) is 0 Å². The monoisotopic (exact) mass is 1210 g/mol. The Morgan fingerprint density at radius 1 is 0.365 bits per heavy atom. The number of carbonyl (C=O) groups is 2. The molecule has 0 fully saturated rings. The van der Waals surface area contributed by atoms with Crippen LogP contribution in [0.4, 0.5) is 0 Å². The zero-order valence-electron chi connectivity index (χ0n) is 55.3. The summed E-state index contributed by atoms with van der Waals surface area (Å²) in [7, 11) is -4.40. The average Bonchev–Trinajstić information content (AvgIpc) is 3.53. The van der Waals surface area contributed by atoms with Gasteiger partial charge in [-0.15, -0.1) is 0 Å². The molecule has 0 bridgehead atoms. The topological polar surface area (TPSA) is 134 Å². The van der Waals surface area contributed by atoms with E-state index in [2.05, 4.69) is 111 Å². The van der Waals surface area contributed by atoms with Crippen LogP contribution in [-0.4, -0.2) is 49.3 Å². The first-order valence-electron chi connectivity index (χ1n) is 35.7. The first-order chi connectivity index (χ1) is 41.8. The third kappa shape index (κ3) is 69.9. The number of rotatable bonds is 67. The summed E-state index contributed by atoms with van der Waals surface area (Å²) in [5, 5.41) is 0. The molecule has 85 heavy (non-hydrogen) atoms. The minimum absolute atomic E-state index is 0.0507. The minimum atomic E-state index is -4.40. The van der Waals surface area contributed by atoms with Gasteiger partial charge in [-0.2, -0.15) is 0 Å². The standard InChI is InChI=1S/C75H134NO8P/c1-3-5-7-9-11-13-15-17-19-21-23-25-27-29-31-32-33-34-35-36-37-38-39-40-42-43-45-47-49-51-53-55-57-59-61-63-65-67-74(77)81-71-73(72-83-85(79,80)82-70-69-76)84-75(78)68-66-64-62-60-58-56-54-52-50-48-46-44-41-30-28-26-24-22-20-18-16-14-12-10-8-6-4-2/h6,8,12,14-15,17-18,20-21,23-24,26-27,29-30,41,73H,3-5,7,9-11,13,16,19,22,25,28,31-40,42-72,76H2,1-2H3,(H,79,80)/b8-6-,14-12-,17-15-,20-18-,23-21-,26-24-,29-27-,41-30-. The smallest absolute Gasteiger partial charge is 0.462 e. The summed E-state index contributed by atoms with van der Waals surface area (Å²) in [4.78, 5) is 35.4. The average molecular weight is 1210 g/mol. The lowest BCUT2D eigenvalue weighted by Crippen LogP contribution is -2.29. The summed E-state index contributed by atoms with van der Waals surface area (Å²) in [6.45, 7) is 3.65. The molecule has 3 N–H and O–H groups in total. The maximum atomic E-state index is 12.8. The van der Waals surface area contributed by atoms with Crippen LogP contribution < -0.4 is 5.73 Å². The third-order valence-electron chi connectivity index (χ3n) is 15.5. The van der Waals surface area contributed by atoms with Gasteiger partial charge in [0.25, 0.3) is 0 Å².